The molecule has 0 bridgehead atoms. The third-order valence-electron chi connectivity index (χ3n) is 3.75. The van der Waals surface area contributed by atoms with Crippen molar-refractivity contribution >= 4 is 29.9 Å². The van der Waals surface area contributed by atoms with Gasteiger partial charge in [-0.25, -0.2) is 9.38 Å². The average molecular weight is 421 g/mol. The van der Waals surface area contributed by atoms with E-state index in [0.717, 1.165) is 31.8 Å². The summed E-state index contributed by atoms with van der Waals surface area (Å²) in [5, 5.41) is 0. The number of likely N-dealkylation sites (tertiary alicyclic amines) is 1. The van der Waals surface area contributed by atoms with Crippen LogP contribution in [0.5, 0.6) is 5.75 Å². The summed E-state index contributed by atoms with van der Waals surface area (Å²) in [6.45, 7) is 6.57. The molecule has 1 saturated heterocycles. The quantitative estimate of drug-likeness (QED) is 0.462. The minimum atomic E-state index is -0.301. The Morgan fingerprint density at radius 1 is 1.45 bits per heavy atom. The molecule has 124 valence electrons. The number of halogens is 2. The topological polar surface area (TPSA) is 50.8 Å². The largest absolute Gasteiger partial charge is 0.489 e. The van der Waals surface area contributed by atoms with E-state index in [9.17, 15) is 4.39 Å². The third-order valence-corrected chi connectivity index (χ3v) is 3.75. The highest BCUT2D eigenvalue weighted by Gasteiger charge is 2.17. The molecule has 2 N–H and O–H groups in total. The molecule has 1 aromatic rings. The summed E-state index contributed by atoms with van der Waals surface area (Å²) >= 11 is 0. The lowest BCUT2D eigenvalue weighted by atomic mass is 10.00. The molecule has 0 amide bonds. The molecule has 1 aliphatic heterocycles. The maximum Gasteiger partial charge on any atom is 0.191 e. The number of rotatable bonds is 4. The lowest BCUT2D eigenvalue weighted by Crippen LogP contribution is -2.43. The molecule has 0 radical (unpaired) electrons. The molecule has 1 heterocycles. The van der Waals surface area contributed by atoms with Gasteiger partial charge in [0.2, 0.25) is 0 Å². The van der Waals surface area contributed by atoms with Crippen molar-refractivity contribution in [2.45, 2.75) is 32.8 Å². The molecule has 1 atom stereocenters. The Labute approximate surface area is 148 Å². The van der Waals surface area contributed by atoms with Crippen molar-refractivity contribution in [2.24, 2.45) is 16.6 Å². The molecule has 1 unspecified atom stereocenters. The predicted octanol–water partition coefficient (Wildman–Crippen LogP) is 3.26. The number of aliphatic imine (C=N–C) groups is 1. The molecule has 2 rings (SSSR count). The molecule has 1 fully saturated rings. The summed E-state index contributed by atoms with van der Waals surface area (Å²) in [5.74, 6) is 1.56. The number of benzene rings is 1. The zero-order chi connectivity index (χ0) is 15.2. The van der Waals surface area contributed by atoms with Gasteiger partial charge in [0.15, 0.2) is 5.96 Å². The normalized spacial score (nSPS) is 17.8. The lowest BCUT2D eigenvalue weighted by molar-refractivity contribution is 0.227. The van der Waals surface area contributed by atoms with Crippen molar-refractivity contribution in [3.8, 4) is 5.75 Å². The Morgan fingerprint density at radius 2 is 2.14 bits per heavy atom. The Morgan fingerprint density at radius 3 is 2.77 bits per heavy atom. The standard InChI is InChI=1S/C16H24FN3O.HI/c1-12-6-8-20(9-7-12)16(18)19-11-13(2)21-15-5-3-4-14(17)10-15;/h3-5,10,12-13H,6-9,11H2,1-2H3,(H2,18,19);1H. The van der Waals surface area contributed by atoms with E-state index < -0.39 is 0 Å². The fourth-order valence-electron chi connectivity index (χ4n) is 2.37. The van der Waals surface area contributed by atoms with Crippen LogP contribution in [0.3, 0.4) is 0 Å². The predicted molar refractivity (Wildman–Crippen MR) is 98.4 cm³/mol. The molecule has 0 aromatic heterocycles. The van der Waals surface area contributed by atoms with E-state index in [-0.39, 0.29) is 35.9 Å². The number of ether oxygens (including phenoxy) is 1. The summed E-state index contributed by atoms with van der Waals surface area (Å²) in [4.78, 5) is 6.51. The smallest absolute Gasteiger partial charge is 0.191 e. The average Bonchev–Trinajstić information content (AvgIpc) is 2.45. The summed E-state index contributed by atoms with van der Waals surface area (Å²) in [5.41, 5.74) is 6.02. The zero-order valence-corrected chi connectivity index (χ0v) is 15.5. The second-order valence-corrected chi connectivity index (χ2v) is 5.75. The number of piperidine rings is 1. The van der Waals surface area contributed by atoms with Crippen molar-refractivity contribution in [2.75, 3.05) is 19.6 Å². The van der Waals surface area contributed by atoms with Crippen molar-refractivity contribution < 1.29 is 9.13 Å². The number of hydrogen-bond acceptors (Lipinski definition) is 2. The molecule has 22 heavy (non-hydrogen) atoms. The van der Waals surface area contributed by atoms with Gasteiger partial charge in [-0.2, -0.15) is 0 Å². The van der Waals surface area contributed by atoms with Crippen molar-refractivity contribution in [1.82, 2.24) is 4.90 Å². The summed E-state index contributed by atoms with van der Waals surface area (Å²) in [7, 11) is 0. The molecular weight excluding hydrogens is 396 g/mol. The Hall–Kier alpha value is -1.05. The minimum Gasteiger partial charge on any atom is -0.489 e. The number of nitrogens with zero attached hydrogens (tertiary/aromatic N) is 2. The molecule has 4 nitrogen and oxygen atoms in total. The second kappa shape index (κ2) is 9.17. The van der Waals surface area contributed by atoms with Gasteiger partial charge in [0, 0.05) is 19.2 Å². The molecule has 1 aliphatic rings. The third kappa shape index (κ3) is 5.98. The van der Waals surface area contributed by atoms with Crippen LogP contribution in [0.15, 0.2) is 29.3 Å². The fourth-order valence-corrected chi connectivity index (χ4v) is 2.37. The maximum absolute atomic E-state index is 13.1. The van der Waals surface area contributed by atoms with Gasteiger partial charge in [-0.05, 0) is 37.8 Å². The van der Waals surface area contributed by atoms with Gasteiger partial charge in [-0.1, -0.05) is 13.0 Å². The molecule has 0 aliphatic carbocycles. The van der Waals surface area contributed by atoms with Gasteiger partial charge in [0.1, 0.15) is 17.7 Å². The number of hydrogen-bond donors (Lipinski definition) is 1. The zero-order valence-electron chi connectivity index (χ0n) is 13.2. The van der Waals surface area contributed by atoms with Crippen molar-refractivity contribution in [3.05, 3.63) is 30.1 Å². The van der Waals surface area contributed by atoms with Crippen LogP contribution in [0.4, 0.5) is 4.39 Å². The van der Waals surface area contributed by atoms with E-state index in [1.165, 1.54) is 12.1 Å². The molecule has 1 aromatic carbocycles. The molecule has 6 heteroatoms. The van der Waals surface area contributed by atoms with E-state index in [1.807, 2.05) is 6.92 Å². The van der Waals surface area contributed by atoms with Crippen LogP contribution in [-0.4, -0.2) is 36.6 Å². The van der Waals surface area contributed by atoms with E-state index in [1.54, 1.807) is 12.1 Å². The molecule has 0 spiro atoms. The van der Waals surface area contributed by atoms with Crippen LogP contribution >= 0.6 is 24.0 Å². The molecule has 0 saturated carbocycles. The number of guanidine groups is 1. The maximum atomic E-state index is 13.1. The lowest BCUT2D eigenvalue weighted by Gasteiger charge is -2.31. The van der Waals surface area contributed by atoms with Crippen LogP contribution in [0, 0.1) is 11.7 Å². The Kier molecular flexibility index (Phi) is 7.92. The summed E-state index contributed by atoms with van der Waals surface area (Å²) < 4.78 is 18.7. The van der Waals surface area contributed by atoms with E-state index >= 15 is 0 Å². The SMILES string of the molecule is CC1CCN(C(N)=NCC(C)Oc2cccc(F)c2)CC1.I. The fraction of sp³-hybridized carbons (Fsp3) is 0.562. The van der Waals surface area contributed by atoms with Crippen LogP contribution in [0.25, 0.3) is 0 Å². The van der Waals surface area contributed by atoms with Gasteiger partial charge >= 0.3 is 0 Å². The highest BCUT2D eigenvalue weighted by Crippen LogP contribution is 2.16. The highest BCUT2D eigenvalue weighted by molar-refractivity contribution is 14.0. The number of nitrogens with two attached hydrogens (primary N) is 1. The summed E-state index contributed by atoms with van der Waals surface area (Å²) in [6, 6.07) is 6.13. The van der Waals surface area contributed by atoms with Gasteiger partial charge in [-0.15, -0.1) is 24.0 Å². The van der Waals surface area contributed by atoms with Crippen LogP contribution in [0.1, 0.15) is 26.7 Å². The Balaban J connectivity index is 0.00000242. The first-order valence-electron chi connectivity index (χ1n) is 7.51. The van der Waals surface area contributed by atoms with E-state index in [0.29, 0.717) is 18.3 Å². The van der Waals surface area contributed by atoms with Gasteiger partial charge in [0.25, 0.3) is 0 Å². The first kappa shape index (κ1) is 19.0. The van der Waals surface area contributed by atoms with Gasteiger partial charge in [-0.3, -0.25) is 0 Å². The first-order valence-corrected chi connectivity index (χ1v) is 7.51. The van der Waals surface area contributed by atoms with E-state index in [4.69, 9.17) is 10.5 Å². The van der Waals surface area contributed by atoms with Crippen molar-refractivity contribution in [3.63, 3.8) is 0 Å². The van der Waals surface area contributed by atoms with Gasteiger partial charge in [0.05, 0.1) is 6.54 Å². The minimum absolute atomic E-state index is 0. The van der Waals surface area contributed by atoms with Gasteiger partial charge < -0.3 is 15.4 Å². The monoisotopic (exact) mass is 421 g/mol. The van der Waals surface area contributed by atoms with Crippen molar-refractivity contribution in [1.29, 1.82) is 0 Å². The molecular formula is C16H25FIN3O. The highest BCUT2D eigenvalue weighted by atomic mass is 127. The van der Waals surface area contributed by atoms with Crippen LogP contribution in [-0.2, 0) is 0 Å². The summed E-state index contributed by atoms with van der Waals surface area (Å²) in [6.07, 6.45) is 2.17. The van der Waals surface area contributed by atoms with Crippen LogP contribution < -0.4 is 10.5 Å². The Bertz CT molecular complexity index is 490. The van der Waals surface area contributed by atoms with E-state index in [2.05, 4.69) is 16.8 Å². The second-order valence-electron chi connectivity index (χ2n) is 5.75. The van der Waals surface area contributed by atoms with Crippen LogP contribution in [0.2, 0.25) is 0 Å². The first-order chi connectivity index (χ1) is 10.0.